The number of hydrogen-bond acceptors (Lipinski definition) is 2. The van der Waals surface area contributed by atoms with E-state index in [1.807, 2.05) is 6.33 Å². The lowest BCUT2D eigenvalue weighted by atomic mass is 9.94. The van der Waals surface area contributed by atoms with Crippen molar-refractivity contribution in [3.05, 3.63) is 17.7 Å². The van der Waals surface area contributed by atoms with E-state index in [0.717, 1.165) is 19.5 Å². The van der Waals surface area contributed by atoms with Crippen LogP contribution in [0.3, 0.4) is 0 Å². The highest BCUT2D eigenvalue weighted by molar-refractivity contribution is 5.18. The highest BCUT2D eigenvalue weighted by atomic mass is 15.1. The van der Waals surface area contributed by atoms with Crippen LogP contribution in [-0.2, 0) is 18.5 Å². The number of imidazole rings is 1. The molecule has 0 saturated heterocycles. The number of nitrogens with zero attached hydrogens (tertiary/aromatic N) is 2. The molecular formula is C12H21N3. The molecule has 0 aromatic carbocycles. The van der Waals surface area contributed by atoms with Gasteiger partial charge in [0.1, 0.15) is 0 Å². The van der Waals surface area contributed by atoms with Crippen LogP contribution in [0.4, 0.5) is 0 Å². The lowest BCUT2D eigenvalue weighted by Crippen LogP contribution is -2.33. The molecule has 1 aromatic heterocycles. The first kappa shape index (κ1) is 10.7. The maximum absolute atomic E-state index is 4.52. The Morgan fingerprint density at radius 3 is 2.87 bits per heavy atom. The zero-order valence-electron chi connectivity index (χ0n) is 10.0. The predicted octanol–water partition coefficient (Wildman–Crippen LogP) is 2.06. The van der Waals surface area contributed by atoms with Gasteiger partial charge in [0.05, 0.1) is 12.0 Å². The SMILES string of the molecule is CCC(C)(CC)n1cnc2c1CCNC2. The summed E-state index contributed by atoms with van der Waals surface area (Å²) in [5.74, 6) is 0. The van der Waals surface area contributed by atoms with Crippen molar-refractivity contribution in [2.45, 2.75) is 52.1 Å². The van der Waals surface area contributed by atoms with E-state index < -0.39 is 0 Å². The zero-order valence-corrected chi connectivity index (χ0v) is 10.0. The Morgan fingerprint density at radius 2 is 2.20 bits per heavy atom. The number of fused-ring (bicyclic) bond motifs is 1. The van der Waals surface area contributed by atoms with E-state index in [9.17, 15) is 0 Å². The number of aromatic nitrogens is 2. The second-order valence-corrected chi connectivity index (χ2v) is 4.64. The summed E-state index contributed by atoms with van der Waals surface area (Å²) in [5, 5.41) is 3.37. The fraction of sp³-hybridized carbons (Fsp3) is 0.750. The molecule has 1 aromatic rings. The summed E-state index contributed by atoms with van der Waals surface area (Å²) in [5.41, 5.74) is 2.94. The molecule has 1 aliphatic heterocycles. The molecule has 3 nitrogen and oxygen atoms in total. The Balaban J connectivity index is 2.39. The van der Waals surface area contributed by atoms with Gasteiger partial charge in [-0.25, -0.2) is 4.98 Å². The van der Waals surface area contributed by atoms with E-state index >= 15 is 0 Å². The van der Waals surface area contributed by atoms with Gasteiger partial charge in [0.25, 0.3) is 0 Å². The van der Waals surface area contributed by atoms with Crippen molar-refractivity contribution in [2.75, 3.05) is 6.54 Å². The Labute approximate surface area is 91.9 Å². The van der Waals surface area contributed by atoms with Crippen LogP contribution in [0.5, 0.6) is 0 Å². The molecule has 15 heavy (non-hydrogen) atoms. The fourth-order valence-electron chi connectivity index (χ4n) is 2.29. The monoisotopic (exact) mass is 207 g/mol. The van der Waals surface area contributed by atoms with Crippen molar-refractivity contribution in [1.82, 2.24) is 14.9 Å². The van der Waals surface area contributed by atoms with Crippen molar-refractivity contribution in [3.8, 4) is 0 Å². The summed E-state index contributed by atoms with van der Waals surface area (Å²) < 4.78 is 2.41. The van der Waals surface area contributed by atoms with Gasteiger partial charge in [-0.1, -0.05) is 13.8 Å². The third kappa shape index (κ3) is 1.69. The Morgan fingerprint density at radius 1 is 1.47 bits per heavy atom. The molecule has 1 N–H and O–H groups in total. The zero-order chi connectivity index (χ0) is 10.9. The minimum absolute atomic E-state index is 0.248. The maximum atomic E-state index is 4.52. The number of nitrogens with one attached hydrogen (secondary N) is 1. The summed E-state index contributed by atoms with van der Waals surface area (Å²) in [6.07, 6.45) is 5.48. The average Bonchev–Trinajstić information content (AvgIpc) is 2.72. The van der Waals surface area contributed by atoms with Crippen molar-refractivity contribution >= 4 is 0 Å². The molecule has 0 atom stereocenters. The van der Waals surface area contributed by atoms with Crippen molar-refractivity contribution in [3.63, 3.8) is 0 Å². The van der Waals surface area contributed by atoms with Crippen LogP contribution in [0.2, 0.25) is 0 Å². The smallest absolute Gasteiger partial charge is 0.0957 e. The molecule has 0 spiro atoms. The number of rotatable bonds is 3. The quantitative estimate of drug-likeness (QED) is 0.822. The largest absolute Gasteiger partial charge is 0.328 e. The van der Waals surface area contributed by atoms with Gasteiger partial charge in [0.15, 0.2) is 0 Å². The molecule has 2 rings (SSSR count). The molecule has 0 unspecified atom stereocenters. The minimum Gasteiger partial charge on any atom is -0.328 e. The third-order valence-electron chi connectivity index (χ3n) is 3.89. The van der Waals surface area contributed by atoms with E-state index in [0.29, 0.717) is 0 Å². The molecule has 0 fully saturated rings. The van der Waals surface area contributed by atoms with Crippen LogP contribution < -0.4 is 5.32 Å². The lowest BCUT2D eigenvalue weighted by Gasteiger charge is -2.31. The van der Waals surface area contributed by atoms with Crippen LogP contribution in [0.1, 0.15) is 45.0 Å². The first-order valence-corrected chi connectivity index (χ1v) is 5.97. The topological polar surface area (TPSA) is 29.9 Å². The number of hydrogen-bond donors (Lipinski definition) is 1. The van der Waals surface area contributed by atoms with Gasteiger partial charge in [0.2, 0.25) is 0 Å². The first-order chi connectivity index (χ1) is 7.21. The molecule has 0 bridgehead atoms. The normalized spacial score (nSPS) is 16.5. The standard InChI is InChI=1S/C12H21N3/c1-4-12(3,5-2)15-9-14-10-8-13-7-6-11(10)15/h9,13H,4-8H2,1-3H3. The van der Waals surface area contributed by atoms with Crippen LogP contribution in [0.25, 0.3) is 0 Å². The molecule has 2 heterocycles. The Hall–Kier alpha value is -0.830. The summed E-state index contributed by atoms with van der Waals surface area (Å²) in [4.78, 5) is 4.52. The molecule has 1 aliphatic rings. The van der Waals surface area contributed by atoms with Crippen molar-refractivity contribution in [1.29, 1.82) is 0 Å². The van der Waals surface area contributed by atoms with Crippen molar-refractivity contribution in [2.24, 2.45) is 0 Å². The van der Waals surface area contributed by atoms with Gasteiger partial charge < -0.3 is 9.88 Å². The van der Waals surface area contributed by atoms with Crippen LogP contribution >= 0.6 is 0 Å². The Bertz CT molecular complexity index is 337. The van der Waals surface area contributed by atoms with Gasteiger partial charge in [-0.15, -0.1) is 0 Å². The summed E-state index contributed by atoms with van der Waals surface area (Å²) in [7, 11) is 0. The van der Waals surface area contributed by atoms with E-state index in [1.165, 1.54) is 24.2 Å². The van der Waals surface area contributed by atoms with Gasteiger partial charge in [-0.3, -0.25) is 0 Å². The average molecular weight is 207 g/mol. The van der Waals surface area contributed by atoms with E-state index in [2.05, 4.69) is 35.6 Å². The predicted molar refractivity (Wildman–Crippen MR) is 61.9 cm³/mol. The van der Waals surface area contributed by atoms with Crippen LogP contribution in [-0.4, -0.2) is 16.1 Å². The second-order valence-electron chi connectivity index (χ2n) is 4.64. The van der Waals surface area contributed by atoms with Gasteiger partial charge in [0, 0.05) is 30.7 Å². The molecule has 3 heteroatoms. The maximum Gasteiger partial charge on any atom is 0.0957 e. The highest BCUT2D eigenvalue weighted by Crippen LogP contribution is 2.28. The Kier molecular flexibility index (Phi) is 2.83. The van der Waals surface area contributed by atoms with E-state index in [1.54, 1.807) is 0 Å². The fourth-order valence-corrected chi connectivity index (χ4v) is 2.29. The molecule has 0 saturated carbocycles. The van der Waals surface area contributed by atoms with Crippen LogP contribution in [0, 0.1) is 0 Å². The molecule has 0 aliphatic carbocycles. The van der Waals surface area contributed by atoms with E-state index in [-0.39, 0.29) is 5.54 Å². The van der Waals surface area contributed by atoms with Gasteiger partial charge in [-0.2, -0.15) is 0 Å². The molecular weight excluding hydrogens is 186 g/mol. The summed E-state index contributed by atoms with van der Waals surface area (Å²) in [6, 6.07) is 0. The van der Waals surface area contributed by atoms with Crippen molar-refractivity contribution < 1.29 is 0 Å². The minimum atomic E-state index is 0.248. The first-order valence-electron chi connectivity index (χ1n) is 5.97. The highest BCUT2D eigenvalue weighted by Gasteiger charge is 2.26. The summed E-state index contributed by atoms with van der Waals surface area (Å²) >= 11 is 0. The summed E-state index contributed by atoms with van der Waals surface area (Å²) in [6.45, 7) is 8.87. The lowest BCUT2D eigenvalue weighted by molar-refractivity contribution is 0.284. The third-order valence-corrected chi connectivity index (χ3v) is 3.89. The molecule has 0 amide bonds. The molecule has 84 valence electrons. The molecule has 0 radical (unpaired) electrons. The van der Waals surface area contributed by atoms with Crippen LogP contribution in [0.15, 0.2) is 6.33 Å². The van der Waals surface area contributed by atoms with Gasteiger partial charge >= 0.3 is 0 Å². The van der Waals surface area contributed by atoms with E-state index in [4.69, 9.17) is 0 Å². The van der Waals surface area contributed by atoms with Gasteiger partial charge in [-0.05, 0) is 19.8 Å². The second kappa shape index (κ2) is 3.97.